The smallest absolute Gasteiger partial charge is 0.159 e. The molecule has 0 N–H and O–H groups in total. The Balaban J connectivity index is 1.02. The second-order valence-corrected chi connectivity index (χ2v) is 15.7. The lowest BCUT2D eigenvalue weighted by Crippen LogP contribution is -2.35. The normalized spacial score (nSPS) is 14.4. The number of para-hydroxylation sites is 2. The van der Waals surface area contributed by atoms with Crippen LogP contribution in [0.5, 0.6) is 0 Å². The van der Waals surface area contributed by atoms with Crippen molar-refractivity contribution in [3.05, 3.63) is 216 Å². The molecule has 0 saturated carbocycles. The summed E-state index contributed by atoms with van der Waals surface area (Å²) in [5.74, 6) is 1.63. The Morgan fingerprint density at radius 3 is 1.71 bits per heavy atom. The van der Waals surface area contributed by atoms with E-state index in [0.717, 1.165) is 34.0 Å². The Hall–Kier alpha value is -7.50. The van der Waals surface area contributed by atoms with Gasteiger partial charge >= 0.3 is 0 Å². The van der Waals surface area contributed by atoms with E-state index in [9.17, 15) is 0 Å². The molecular formula is C54H41N5. The van der Waals surface area contributed by atoms with Crippen LogP contribution < -0.4 is 0 Å². The van der Waals surface area contributed by atoms with E-state index in [1.54, 1.807) is 0 Å². The first-order valence-corrected chi connectivity index (χ1v) is 20.2. The second-order valence-electron chi connectivity index (χ2n) is 15.7. The van der Waals surface area contributed by atoms with E-state index >= 15 is 0 Å². The summed E-state index contributed by atoms with van der Waals surface area (Å²) < 4.78 is 4.80. The lowest BCUT2D eigenvalue weighted by molar-refractivity contribution is 0.383. The van der Waals surface area contributed by atoms with Crippen LogP contribution in [0.15, 0.2) is 198 Å². The Labute approximate surface area is 343 Å². The number of nitrogens with zero attached hydrogens (tertiary/aromatic N) is 5. The van der Waals surface area contributed by atoms with Crippen LogP contribution in [0.25, 0.3) is 66.1 Å². The van der Waals surface area contributed by atoms with Crippen molar-refractivity contribution in [2.24, 2.45) is 9.98 Å². The molecule has 1 aliphatic heterocycles. The van der Waals surface area contributed by atoms with Crippen molar-refractivity contribution in [2.45, 2.75) is 20.0 Å². The van der Waals surface area contributed by atoms with Gasteiger partial charge in [0.05, 0.1) is 22.1 Å². The first-order valence-electron chi connectivity index (χ1n) is 20.2. The van der Waals surface area contributed by atoms with Crippen LogP contribution in [-0.4, -0.2) is 32.8 Å². The van der Waals surface area contributed by atoms with Crippen LogP contribution in [0.4, 0.5) is 0 Å². The van der Waals surface area contributed by atoms with Gasteiger partial charge in [-0.15, -0.1) is 0 Å². The van der Waals surface area contributed by atoms with E-state index in [-0.39, 0.29) is 6.17 Å². The van der Waals surface area contributed by atoms with E-state index in [1.807, 2.05) is 24.3 Å². The van der Waals surface area contributed by atoms with Crippen LogP contribution >= 0.6 is 0 Å². The van der Waals surface area contributed by atoms with Gasteiger partial charge in [-0.3, -0.25) is 0 Å². The van der Waals surface area contributed by atoms with Crippen LogP contribution in [0.3, 0.4) is 0 Å². The minimum atomic E-state index is -0.195. The van der Waals surface area contributed by atoms with Gasteiger partial charge in [-0.1, -0.05) is 121 Å². The van der Waals surface area contributed by atoms with Gasteiger partial charge in [0.1, 0.15) is 12.0 Å². The molecule has 0 amide bonds. The number of hydrogen-bond acceptors (Lipinski definition) is 3. The number of benzene rings is 8. The highest BCUT2D eigenvalue weighted by atomic mass is 15.3. The predicted molar refractivity (Wildman–Crippen MR) is 246 cm³/mol. The van der Waals surface area contributed by atoms with Crippen molar-refractivity contribution in [3.63, 3.8) is 0 Å². The third-order valence-corrected chi connectivity index (χ3v) is 11.9. The number of aryl methyl sites for hydroxylation is 2. The van der Waals surface area contributed by atoms with Crippen LogP contribution in [-0.2, 0) is 0 Å². The molecule has 1 aliphatic rings. The van der Waals surface area contributed by atoms with E-state index in [0.29, 0.717) is 0 Å². The number of hydrogen-bond donors (Lipinski definition) is 0. The number of fused-ring (bicyclic) bond motifs is 6. The Morgan fingerprint density at radius 2 is 1.00 bits per heavy atom. The molecule has 10 aromatic rings. The van der Waals surface area contributed by atoms with Crippen molar-refractivity contribution < 1.29 is 0 Å². The highest BCUT2D eigenvalue weighted by molar-refractivity contribution is 6.15. The van der Waals surface area contributed by atoms with Crippen LogP contribution in [0, 0.1) is 13.8 Å². The maximum Gasteiger partial charge on any atom is 0.159 e. The van der Waals surface area contributed by atoms with Crippen molar-refractivity contribution in [1.29, 1.82) is 0 Å². The van der Waals surface area contributed by atoms with Gasteiger partial charge in [-0.05, 0) is 109 Å². The average Bonchev–Trinajstić information content (AvgIpc) is 3.80. The van der Waals surface area contributed by atoms with Gasteiger partial charge in [-0.2, -0.15) is 0 Å². The van der Waals surface area contributed by atoms with Gasteiger partial charge in [0.2, 0.25) is 0 Å². The van der Waals surface area contributed by atoms with E-state index in [1.165, 1.54) is 71.6 Å². The fourth-order valence-electron chi connectivity index (χ4n) is 9.19. The number of aromatic nitrogens is 2. The average molecular weight is 760 g/mol. The molecule has 0 spiro atoms. The number of aliphatic imine (C=N–C) groups is 2. The largest absolute Gasteiger partial charge is 0.333 e. The van der Waals surface area contributed by atoms with Gasteiger partial charge in [0.25, 0.3) is 0 Å². The third-order valence-electron chi connectivity index (χ3n) is 11.9. The molecule has 3 heterocycles. The Kier molecular flexibility index (Phi) is 8.16. The molecule has 0 fully saturated rings. The minimum Gasteiger partial charge on any atom is -0.333 e. The molecule has 0 saturated heterocycles. The molecule has 0 bridgehead atoms. The number of amidine groups is 2. The lowest BCUT2D eigenvalue weighted by atomic mass is 10.00. The fourth-order valence-corrected chi connectivity index (χ4v) is 9.19. The molecule has 5 heteroatoms. The zero-order valence-corrected chi connectivity index (χ0v) is 33.2. The van der Waals surface area contributed by atoms with E-state index < -0.39 is 0 Å². The van der Waals surface area contributed by atoms with Crippen molar-refractivity contribution >= 4 is 55.3 Å². The Morgan fingerprint density at radius 1 is 0.441 bits per heavy atom. The summed E-state index contributed by atoms with van der Waals surface area (Å²) in [4.78, 5) is 12.5. The fraction of sp³-hybridized carbons (Fsp3) is 0.0741. The third kappa shape index (κ3) is 5.77. The van der Waals surface area contributed by atoms with Gasteiger partial charge in [0, 0.05) is 51.1 Å². The molecule has 0 aliphatic carbocycles. The van der Waals surface area contributed by atoms with Crippen LogP contribution in [0.2, 0.25) is 0 Å². The highest BCUT2D eigenvalue weighted by Crippen LogP contribution is 2.40. The SMILES string of the molecule is Cc1cc(C)c2c(c1)c1cc(-c3ccc4c(c3)c3ccccc3n4-c3ccccc3)ccc1n2-c1ccc(C2=NC(c3ccccc3)=NC(c3ccccc3)N2C)cc1. The molecule has 5 nitrogen and oxygen atoms in total. The second kappa shape index (κ2) is 13.9. The zero-order chi connectivity index (χ0) is 39.6. The molecule has 282 valence electrons. The standard InChI is InChI=1S/C54H41N5/c1-35-31-36(2)51-47(32-35)46-34-41(40-25-29-49-45(33-40)44-21-13-14-22-48(44)58(49)42-19-11-6-12-20-42)26-30-50(46)59(51)43-27-23-39(24-28-43)54-56-52(37-15-7-4-8-16-37)55-53(57(54)3)38-17-9-5-10-18-38/h4-34,53H,1-3H3. The summed E-state index contributed by atoms with van der Waals surface area (Å²) in [6.07, 6.45) is -0.195. The first kappa shape index (κ1) is 34.7. The monoisotopic (exact) mass is 759 g/mol. The molecule has 0 radical (unpaired) electrons. The maximum atomic E-state index is 5.17. The van der Waals surface area contributed by atoms with Crippen LogP contribution in [0.1, 0.15) is 34.0 Å². The summed E-state index contributed by atoms with van der Waals surface area (Å²) in [6.45, 7) is 4.43. The maximum absolute atomic E-state index is 5.17. The summed E-state index contributed by atoms with van der Waals surface area (Å²) in [5, 5.41) is 5.01. The van der Waals surface area contributed by atoms with Gasteiger partial charge in [0.15, 0.2) is 5.84 Å². The molecule has 59 heavy (non-hydrogen) atoms. The minimum absolute atomic E-state index is 0.195. The van der Waals surface area contributed by atoms with E-state index in [2.05, 4.69) is 199 Å². The summed E-state index contributed by atoms with van der Waals surface area (Å²) in [7, 11) is 2.09. The van der Waals surface area contributed by atoms with Crippen molar-refractivity contribution in [3.8, 4) is 22.5 Å². The van der Waals surface area contributed by atoms with Crippen molar-refractivity contribution in [2.75, 3.05) is 7.05 Å². The van der Waals surface area contributed by atoms with Gasteiger partial charge < -0.3 is 14.0 Å². The summed E-state index contributed by atoms with van der Waals surface area (Å²) in [5.41, 5.74) is 15.2. The molecule has 1 unspecified atom stereocenters. The van der Waals surface area contributed by atoms with Crippen molar-refractivity contribution in [1.82, 2.24) is 14.0 Å². The lowest BCUT2D eigenvalue weighted by Gasteiger charge is -2.32. The molecule has 11 rings (SSSR count). The predicted octanol–water partition coefficient (Wildman–Crippen LogP) is 13.0. The zero-order valence-electron chi connectivity index (χ0n) is 33.2. The topological polar surface area (TPSA) is 37.8 Å². The van der Waals surface area contributed by atoms with Gasteiger partial charge in [-0.25, -0.2) is 9.98 Å². The first-order chi connectivity index (χ1) is 29.0. The summed E-state index contributed by atoms with van der Waals surface area (Å²) >= 11 is 0. The Bertz CT molecular complexity index is 3280. The molecule has 2 aromatic heterocycles. The number of rotatable bonds is 6. The molecule has 1 atom stereocenters. The summed E-state index contributed by atoms with van der Waals surface area (Å²) in [6, 6.07) is 67.5. The molecule has 8 aromatic carbocycles. The van der Waals surface area contributed by atoms with E-state index in [4.69, 9.17) is 9.98 Å². The quantitative estimate of drug-likeness (QED) is 0.166. The molecular weight excluding hydrogens is 719 g/mol. The highest BCUT2D eigenvalue weighted by Gasteiger charge is 2.27.